The molecule has 114 valence electrons. The fourth-order valence-corrected chi connectivity index (χ4v) is 2.59. The monoisotopic (exact) mass is 290 g/mol. The van der Waals surface area contributed by atoms with Gasteiger partial charge >= 0.3 is 5.97 Å². The van der Waals surface area contributed by atoms with Crippen LogP contribution in [0.2, 0.25) is 0 Å². The normalized spacial score (nSPS) is 10.9. The number of hydrogen-bond donors (Lipinski definition) is 0. The number of carbonyl (C=O) groups excluding carboxylic acids is 1. The Labute approximate surface area is 124 Å². The van der Waals surface area contributed by atoms with Crippen molar-refractivity contribution in [2.45, 2.75) is 27.2 Å². The third kappa shape index (κ3) is 2.70. The maximum Gasteiger partial charge on any atom is 0.341 e. The number of nitrogens with zero attached hydrogens (tertiary/aromatic N) is 4. The summed E-state index contributed by atoms with van der Waals surface area (Å²) in [5.41, 5.74) is 2.99. The van der Waals surface area contributed by atoms with Gasteiger partial charge in [0.05, 0.1) is 23.4 Å². The van der Waals surface area contributed by atoms with Gasteiger partial charge in [0.1, 0.15) is 5.56 Å². The number of pyridine rings is 1. The lowest BCUT2D eigenvalue weighted by molar-refractivity contribution is 0.0527. The van der Waals surface area contributed by atoms with Gasteiger partial charge in [-0.3, -0.25) is 4.68 Å². The van der Waals surface area contributed by atoms with E-state index in [2.05, 4.69) is 21.9 Å². The number of hydrogen-bond acceptors (Lipinski definition) is 5. The number of ether oxygens (including phenoxy) is 1. The summed E-state index contributed by atoms with van der Waals surface area (Å²) in [4.78, 5) is 18.7. The Kier molecular flexibility index (Phi) is 4.45. The van der Waals surface area contributed by atoms with E-state index >= 15 is 0 Å². The Morgan fingerprint density at radius 3 is 2.76 bits per heavy atom. The van der Waals surface area contributed by atoms with E-state index in [-0.39, 0.29) is 5.97 Å². The summed E-state index contributed by atoms with van der Waals surface area (Å²) < 4.78 is 6.90. The second kappa shape index (κ2) is 6.11. The van der Waals surface area contributed by atoms with E-state index in [9.17, 15) is 4.79 Å². The maximum absolute atomic E-state index is 12.2. The fraction of sp³-hybridized carbons (Fsp3) is 0.533. The summed E-state index contributed by atoms with van der Waals surface area (Å²) >= 11 is 0. The molecule has 2 rings (SSSR count). The highest BCUT2D eigenvalue weighted by Gasteiger charge is 2.22. The lowest BCUT2D eigenvalue weighted by Crippen LogP contribution is -2.22. The van der Waals surface area contributed by atoms with Crippen molar-refractivity contribution in [2.24, 2.45) is 7.05 Å². The molecule has 0 bridgehead atoms. The van der Waals surface area contributed by atoms with Crippen LogP contribution >= 0.6 is 0 Å². The largest absolute Gasteiger partial charge is 0.462 e. The van der Waals surface area contributed by atoms with Gasteiger partial charge in [-0.05, 0) is 20.3 Å². The zero-order chi connectivity index (χ0) is 15.6. The van der Waals surface area contributed by atoms with Crippen LogP contribution in [0.25, 0.3) is 11.0 Å². The van der Waals surface area contributed by atoms with Crippen molar-refractivity contribution in [3.8, 4) is 0 Å². The standard InChI is InChI=1S/C15H22N4O2/c1-6-8-18(4)13-11(15(20)21-7-2)9-16-14-12(13)10(3)17-19(14)5/h9H,6-8H2,1-5H3. The van der Waals surface area contributed by atoms with E-state index in [1.807, 2.05) is 21.0 Å². The molecular weight excluding hydrogens is 268 g/mol. The third-order valence-corrected chi connectivity index (χ3v) is 3.44. The average Bonchev–Trinajstić information content (AvgIpc) is 2.73. The van der Waals surface area contributed by atoms with Crippen LogP contribution in [-0.2, 0) is 11.8 Å². The highest BCUT2D eigenvalue weighted by atomic mass is 16.5. The molecule has 0 unspecified atom stereocenters. The number of anilines is 1. The van der Waals surface area contributed by atoms with Gasteiger partial charge in [0.25, 0.3) is 0 Å². The lowest BCUT2D eigenvalue weighted by Gasteiger charge is -2.22. The molecule has 0 atom stereocenters. The number of rotatable bonds is 5. The van der Waals surface area contributed by atoms with E-state index in [0.29, 0.717) is 12.2 Å². The first-order chi connectivity index (χ1) is 10.0. The number of esters is 1. The van der Waals surface area contributed by atoms with Gasteiger partial charge in [0.15, 0.2) is 5.65 Å². The maximum atomic E-state index is 12.2. The second-order valence-corrected chi connectivity index (χ2v) is 5.07. The van der Waals surface area contributed by atoms with Crippen LogP contribution in [0.3, 0.4) is 0 Å². The van der Waals surface area contributed by atoms with Gasteiger partial charge in [-0.2, -0.15) is 5.10 Å². The van der Waals surface area contributed by atoms with E-state index in [1.54, 1.807) is 17.8 Å². The van der Waals surface area contributed by atoms with Crippen molar-refractivity contribution in [2.75, 3.05) is 25.1 Å². The molecule has 21 heavy (non-hydrogen) atoms. The van der Waals surface area contributed by atoms with Crippen molar-refractivity contribution in [3.05, 3.63) is 17.5 Å². The highest BCUT2D eigenvalue weighted by molar-refractivity contribution is 6.05. The Balaban J connectivity index is 2.71. The Bertz CT molecular complexity index is 663. The molecule has 0 amide bonds. The molecule has 0 saturated carbocycles. The molecule has 0 saturated heterocycles. The van der Waals surface area contributed by atoms with E-state index in [1.165, 1.54) is 0 Å². The van der Waals surface area contributed by atoms with Crippen LogP contribution in [0.4, 0.5) is 5.69 Å². The van der Waals surface area contributed by atoms with Crippen LogP contribution < -0.4 is 4.90 Å². The molecule has 0 radical (unpaired) electrons. The first-order valence-electron chi connectivity index (χ1n) is 7.21. The molecule has 0 fully saturated rings. The van der Waals surface area contributed by atoms with E-state index < -0.39 is 0 Å². The molecular formula is C15H22N4O2. The fourth-order valence-electron chi connectivity index (χ4n) is 2.59. The van der Waals surface area contributed by atoms with Gasteiger partial charge < -0.3 is 9.64 Å². The predicted octanol–water partition coefficient (Wildman–Crippen LogP) is 2.30. The molecule has 6 heteroatoms. The zero-order valence-electron chi connectivity index (χ0n) is 13.3. The third-order valence-electron chi connectivity index (χ3n) is 3.44. The average molecular weight is 290 g/mol. The van der Waals surface area contributed by atoms with Crippen molar-refractivity contribution in [1.82, 2.24) is 14.8 Å². The van der Waals surface area contributed by atoms with Crippen LogP contribution in [0.1, 0.15) is 36.3 Å². The van der Waals surface area contributed by atoms with Gasteiger partial charge in [-0.25, -0.2) is 9.78 Å². The molecule has 0 aliphatic rings. The number of fused-ring (bicyclic) bond motifs is 1. The molecule has 6 nitrogen and oxygen atoms in total. The molecule has 0 aliphatic heterocycles. The minimum absolute atomic E-state index is 0.340. The van der Waals surface area contributed by atoms with Crippen molar-refractivity contribution in [1.29, 1.82) is 0 Å². The first kappa shape index (κ1) is 15.3. The minimum atomic E-state index is -0.340. The van der Waals surface area contributed by atoms with Crippen molar-refractivity contribution >= 4 is 22.7 Å². The first-order valence-corrected chi connectivity index (χ1v) is 7.21. The van der Waals surface area contributed by atoms with Crippen LogP contribution in [-0.4, -0.2) is 40.9 Å². The summed E-state index contributed by atoms with van der Waals surface area (Å²) in [6.45, 7) is 7.03. The molecule has 2 heterocycles. The van der Waals surface area contributed by atoms with Gasteiger partial charge in [-0.1, -0.05) is 6.92 Å². The Morgan fingerprint density at radius 1 is 1.43 bits per heavy atom. The van der Waals surface area contributed by atoms with E-state index in [0.717, 1.165) is 35.4 Å². The SMILES string of the molecule is CCCN(C)c1c(C(=O)OCC)cnc2c1c(C)nn2C. The number of aromatic nitrogens is 3. The number of aryl methyl sites for hydroxylation is 2. The summed E-state index contributed by atoms with van der Waals surface area (Å²) in [6, 6.07) is 0. The van der Waals surface area contributed by atoms with Crippen molar-refractivity contribution < 1.29 is 9.53 Å². The van der Waals surface area contributed by atoms with Crippen LogP contribution in [0.5, 0.6) is 0 Å². The zero-order valence-corrected chi connectivity index (χ0v) is 13.3. The molecule has 0 aliphatic carbocycles. The van der Waals surface area contributed by atoms with Gasteiger partial charge in [-0.15, -0.1) is 0 Å². The Morgan fingerprint density at radius 2 is 2.14 bits per heavy atom. The topological polar surface area (TPSA) is 60.3 Å². The minimum Gasteiger partial charge on any atom is -0.462 e. The molecule has 0 N–H and O–H groups in total. The summed E-state index contributed by atoms with van der Waals surface area (Å²) in [5, 5.41) is 5.33. The molecule has 0 spiro atoms. The van der Waals surface area contributed by atoms with Crippen LogP contribution in [0.15, 0.2) is 6.20 Å². The summed E-state index contributed by atoms with van der Waals surface area (Å²) in [7, 11) is 3.84. The van der Waals surface area contributed by atoms with Crippen molar-refractivity contribution in [3.63, 3.8) is 0 Å². The number of carbonyl (C=O) groups is 1. The smallest absolute Gasteiger partial charge is 0.341 e. The highest BCUT2D eigenvalue weighted by Crippen LogP contribution is 2.31. The van der Waals surface area contributed by atoms with Crippen LogP contribution in [0, 0.1) is 6.92 Å². The molecule has 2 aromatic heterocycles. The quantitative estimate of drug-likeness (QED) is 0.791. The predicted molar refractivity (Wildman–Crippen MR) is 82.8 cm³/mol. The lowest BCUT2D eigenvalue weighted by atomic mass is 10.1. The van der Waals surface area contributed by atoms with Gasteiger partial charge in [0.2, 0.25) is 0 Å². The Hall–Kier alpha value is -2.11. The molecule has 2 aromatic rings. The van der Waals surface area contributed by atoms with E-state index in [4.69, 9.17) is 4.74 Å². The second-order valence-electron chi connectivity index (χ2n) is 5.07. The van der Waals surface area contributed by atoms with Gasteiger partial charge in [0, 0.05) is 26.8 Å². The summed E-state index contributed by atoms with van der Waals surface area (Å²) in [6.07, 6.45) is 2.57. The molecule has 0 aromatic carbocycles. The summed E-state index contributed by atoms with van der Waals surface area (Å²) in [5.74, 6) is -0.340.